The van der Waals surface area contributed by atoms with Gasteiger partial charge in [-0.1, -0.05) is 18.2 Å². The summed E-state index contributed by atoms with van der Waals surface area (Å²) in [6, 6.07) is 12.7. The maximum atomic E-state index is 12.2. The molecule has 3 aromatic rings. The van der Waals surface area contributed by atoms with Crippen molar-refractivity contribution in [1.29, 1.82) is 0 Å². The van der Waals surface area contributed by atoms with Crippen LogP contribution in [0.25, 0.3) is 10.9 Å². The van der Waals surface area contributed by atoms with Crippen molar-refractivity contribution in [2.45, 2.75) is 12.8 Å². The van der Waals surface area contributed by atoms with Gasteiger partial charge in [0.25, 0.3) is 5.91 Å². The predicted octanol–water partition coefficient (Wildman–Crippen LogP) is 2.58. The molecule has 0 spiro atoms. The van der Waals surface area contributed by atoms with E-state index in [9.17, 15) is 9.59 Å². The zero-order valence-electron chi connectivity index (χ0n) is 15.2. The number of fused-ring (bicyclic) bond motifs is 1. The average Bonchev–Trinajstić information content (AvgIpc) is 3.13. The number of benzene rings is 2. The van der Waals surface area contributed by atoms with Gasteiger partial charge in [0.1, 0.15) is 0 Å². The number of para-hydroxylation sites is 1. The Labute approximate surface area is 156 Å². The molecule has 0 unspecified atom stereocenters. The van der Waals surface area contributed by atoms with Crippen molar-refractivity contribution < 1.29 is 19.1 Å². The van der Waals surface area contributed by atoms with Crippen LogP contribution in [0.5, 0.6) is 11.5 Å². The minimum absolute atomic E-state index is 0.258. The minimum Gasteiger partial charge on any atom is -0.493 e. The summed E-state index contributed by atoms with van der Waals surface area (Å²) in [5, 5.41) is 1.10. The Morgan fingerprint density at radius 3 is 2.56 bits per heavy atom. The third-order valence-electron chi connectivity index (χ3n) is 4.26. The summed E-state index contributed by atoms with van der Waals surface area (Å²) in [6.45, 7) is 0. The molecule has 0 atom stereocenters. The van der Waals surface area contributed by atoms with Gasteiger partial charge in [0, 0.05) is 29.1 Å². The van der Waals surface area contributed by atoms with Crippen LogP contribution in [0.3, 0.4) is 0 Å². The molecule has 3 rings (SSSR count). The topological polar surface area (TPSA) is 92.5 Å². The van der Waals surface area contributed by atoms with Crippen LogP contribution in [0.1, 0.15) is 22.3 Å². The van der Waals surface area contributed by atoms with E-state index in [-0.39, 0.29) is 12.3 Å². The smallest absolute Gasteiger partial charge is 0.269 e. The molecule has 140 valence electrons. The molecular weight excluding hydrogens is 346 g/mol. The van der Waals surface area contributed by atoms with Crippen LogP contribution in [-0.2, 0) is 11.2 Å². The van der Waals surface area contributed by atoms with Crippen LogP contribution < -0.4 is 20.3 Å². The lowest BCUT2D eigenvalue weighted by Gasteiger charge is -2.10. The Hall–Kier alpha value is -3.48. The number of hydrazine groups is 1. The van der Waals surface area contributed by atoms with Crippen molar-refractivity contribution in [2.24, 2.45) is 0 Å². The molecule has 0 aliphatic rings. The Kier molecular flexibility index (Phi) is 5.61. The van der Waals surface area contributed by atoms with Crippen LogP contribution in [0, 0.1) is 0 Å². The first kappa shape index (κ1) is 18.3. The van der Waals surface area contributed by atoms with E-state index in [1.54, 1.807) is 18.2 Å². The quantitative estimate of drug-likeness (QED) is 0.584. The number of nitrogens with one attached hydrogen (secondary N) is 3. The highest BCUT2D eigenvalue weighted by molar-refractivity contribution is 5.96. The molecule has 27 heavy (non-hydrogen) atoms. The summed E-state index contributed by atoms with van der Waals surface area (Å²) in [4.78, 5) is 27.4. The zero-order valence-corrected chi connectivity index (χ0v) is 15.2. The number of H-pyrrole nitrogens is 1. The van der Waals surface area contributed by atoms with Crippen molar-refractivity contribution in [3.8, 4) is 11.5 Å². The van der Waals surface area contributed by atoms with E-state index in [4.69, 9.17) is 9.47 Å². The molecule has 1 heterocycles. The number of ether oxygens (including phenoxy) is 2. The van der Waals surface area contributed by atoms with Crippen molar-refractivity contribution in [3.63, 3.8) is 0 Å². The lowest BCUT2D eigenvalue weighted by molar-refractivity contribution is -0.121. The molecule has 2 aromatic carbocycles. The maximum Gasteiger partial charge on any atom is 0.269 e. The monoisotopic (exact) mass is 367 g/mol. The van der Waals surface area contributed by atoms with Gasteiger partial charge in [-0.05, 0) is 36.2 Å². The lowest BCUT2D eigenvalue weighted by Crippen LogP contribution is -2.41. The van der Waals surface area contributed by atoms with Crippen molar-refractivity contribution in [2.75, 3.05) is 14.2 Å². The van der Waals surface area contributed by atoms with Gasteiger partial charge in [-0.2, -0.15) is 0 Å². The molecule has 0 aliphatic carbocycles. The van der Waals surface area contributed by atoms with Crippen LogP contribution in [-0.4, -0.2) is 31.0 Å². The number of hydrogen-bond donors (Lipinski definition) is 3. The molecule has 0 bridgehead atoms. The number of hydrogen-bond acceptors (Lipinski definition) is 4. The van der Waals surface area contributed by atoms with Crippen molar-refractivity contribution >= 4 is 22.7 Å². The highest BCUT2D eigenvalue weighted by Crippen LogP contribution is 2.27. The fourth-order valence-electron chi connectivity index (χ4n) is 2.83. The van der Waals surface area contributed by atoms with Crippen LogP contribution in [0.15, 0.2) is 48.7 Å². The van der Waals surface area contributed by atoms with E-state index in [0.717, 1.165) is 16.5 Å². The molecule has 0 fully saturated rings. The molecule has 7 heteroatoms. The highest BCUT2D eigenvalue weighted by atomic mass is 16.5. The summed E-state index contributed by atoms with van der Waals surface area (Å²) in [5.41, 5.74) is 7.30. The van der Waals surface area contributed by atoms with Gasteiger partial charge < -0.3 is 14.5 Å². The average molecular weight is 367 g/mol. The summed E-state index contributed by atoms with van der Waals surface area (Å²) < 4.78 is 10.3. The van der Waals surface area contributed by atoms with E-state index in [1.807, 2.05) is 30.5 Å². The van der Waals surface area contributed by atoms with E-state index in [2.05, 4.69) is 15.8 Å². The van der Waals surface area contributed by atoms with Crippen LogP contribution in [0.2, 0.25) is 0 Å². The maximum absolute atomic E-state index is 12.2. The van der Waals surface area contributed by atoms with E-state index >= 15 is 0 Å². The van der Waals surface area contributed by atoms with Gasteiger partial charge in [0.15, 0.2) is 11.5 Å². The first-order valence-electron chi connectivity index (χ1n) is 8.48. The third-order valence-corrected chi connectivity index (χ3v) is 4.26. The summed E-state index contributed by atoms with van der Waals surface area (Å²) >= 11 is 0. The van der Waals surface area contributed by atoms with Gasteiger partial charge in [0.05, 0.1) is 14.2 Å². The Balaban J connectivity index is 1.53. The molecule has 0 saturated heterocycles. The lowest BCUT2D eigenvalue weighted by atomic mass is 10.1. The standard InChI is InChI=1S/C20H21N3O4/c1-26-17-9-7-13(11-18(17)27-2)20(25)23-22-19(24)10-8-14-12-21-16-6-4-3-5-15(14)16/h3-7,9,11-12,21H,8,10H2,1-2H3,(H,22,24)(H,23,25). The largest absolute Gasteiger partial charge is 0.493 e. The fraction of sp³-hybridized carbons (Fsp3) is 0.200. The van der Waals surface area contributed by atoms with Gasteiger partial charge in [0.2, 0.25) is 5.91 Å². The Bertz CT molecular complexity index is 965. The second kappa shape index (κ2) is 8.27. The summed E-state index contributed by atoms with van der Waals surface area (Å²) in [6.07, 6.45) is 2.73. The Morgan fingerprint density at radius 2 is 1.78 bits per heavy atom. The second-order valence-corrected chi connectivity index (χ2v) is 5.93. The normalized spacial score (nSPS) is 10.4. The summed E-state index contributed by atoms with van der Waals surface area (Å²) in [5.74, 6) is 0.262. The molecular formula is C20H21N3O4. The molecule has 1 aromatic heterocycles. The third kappa shape index (κ3) is 4.20. The van der Waals surface area contributed by atoms with Crippen molar-refractivity contribution in [1.82, 2.24) is 15.8 Å². The van der Waals surface area contributed by atoms with Crippen LogP contribution in [0.4, 0.5) is 0 Å². The van der Waals surface area contributed by atoms with Crippen molar-refractivity contribution in [3.05, 3.63) is 59.8 Å². The number of carbonyl (C=O) groups is 2. The molecule has 2 amide bonds. The molecule has 0 saturated carbocycles. The van der Waals surface area contributed by atoms with Gasteiger partial charge >= 0.3 is 0 Å². The highest BCUT2D eigenvalue weighted by Gasteiger charge is 2.12. The predicted molar refractivity (Wildman–Crippen MR) is 102 cm³/mol. The summed E-state index contributed by atoms with van der Waals surface area (Å²) in [7, 11) is 3.01. The van der Waals surface area contributed by atoms with E-state index in [1.165, 1.54) is 14.2 Å². The van der Waals surface area contributed by atoms with E-state index < -0.39 is 5.91 Å². The second-order valence-electron chi connectivity index (χ2n) is 5.93. The van der Waals surface area contributed by atoms with Gasteiger partial charge in [-0.3, -0.25) is 20.4 Å². The molecule has 0 radical (unpaired) electrons. The number of carbonyl (C=O) groups excluding carboxylic acids is 2. The number of aryl methyl sites for hydroxylation is 1. The van der Waals surface area contributed by atoms with Crippen LogP contribution >= 0.6 is 0 Å². The molecule has 3 N–H and O–H groups in total. The number of amides is 2. The first-order chi connectivity index (χ1) is 13.1. The SMILES string of the molecule is COc1ccc(C(=O)NNC(=O)CCc2c[nH]c3ccccc23)cc1OC. The fourth-order valence-corrected chi connectivity index (χ4v) is 2.83. The molecule has 0 aliphatic heterocycles. The van der Waals surface area contributed by atoms with Gasteiger partial charge in [-0.25, -0.2) is 0 Å². The van der Waals surface area contributed by atoms with Gasteiger partial charge in [-0.15, -0.1) is 0 Å². The number of rotatable bonds is 6. The molecule has 7 nitrogen and oxygen atoms in total. The first-order valence-corrected chi connectivity index (χ1v) is 8.48. The number of aromatic nitrogens is 1. The zero-order chi connectivity index (χ0) is 19.2. The number of methoxy groups -OCH3 is 2. The minimum atomic E-state index is -0.434. The Morgan fingerprint density at radius 1 is 1.00 bits per heavy atom. The number of aromatic amines is 1. The van der Waals surface area contributed by atoms with E-state index in [0.29, 0.717) is 23.5 Å².